The van der Waals surface area contributed by atoms with Crippen LogP contribution in [0.15, 0.2) is 18.2 Å². The van der Waals surface area contributed by atoms with Gasteiger partial charge in [0.2, 0.25) is 0 Å². The molecule has 17 heavy (non-hydrogen) atoms. The van der Waals surface area contributed by atoms with Crippen LogP contribution in [0.3, 0.4) is 0 Å². The summed E-state index contributed by atoms with van der Waals surface area (Å²) in [4.78, 5) is 2.12. The lowest BCUT2D eigenvalue weighted by Crippen LogP contribution is -2.36. The molecule has 1 fully saturated rings. The molecule has 1 saturated heterocycles. The monoisotopic (exact) mass is 234 g/mol. The summed E-state index contributed by atoms with van der Waals surface area (Å²) in [5.74, 6) is -0.445. The van der Waals surface area contributed by atoms with Crippen molar-refractivity contribution in [2.24, 2.45) is 0 Å². The number of rotatable bonds is 2. The van der Waals surface area contributed by atoms with E-state index in [9.17, 15) is 4.39 Å². The summed E-state index contributed by atoms with van der Waals surface area (Å²) in [5, 5.41) is 8.67. The number of anilines is 1. The highest BCUT2D eigenvalue weighted by Crippen LogP contribution is 2.23. The van der Waals surface area contributed by atoms with Crippen molar-refractivity contribution in [1.82, 2.24) is 0 Å². The van der Waals surface area contributed by atoms with Crippen molar-refractivity contribution in [2.75, 3.05) is 25.1 Å². The average Bonchev–Trinajstić information content (AvgIpc) is 2.39. The van der Waals surface area contributed by atoms with E-state index in [0.29, 0.717) is 6.10 Å². The Morgan fingerprint density at radius 1 is 1.41 bits per heavy atom. The third-order valence-corrected chi connectivity index (χ3v) is 3.21. The van der Waals surface area contributed by atoms with Crippen molar-refractivity contribution in [3.8, 4) is 6.07 Å². The molecule has 0 aliphatic carbocycles. The van der Waals surface area contributed by atoms with Crippen LogP contribution in [0.4, 0.5) is 10.1 Å². The molecular weight excluding hydrogens is 219 g/mol. The first-order chi connectivity index (χ1) is 8.24. The summed E-state index contributed by atoms with van der Waals surface area (Å²) in [6, 6.07) is 6.60. The second-order valence-corrected chi connectivity index (χ2v) is 4.20. The van der Waals surface area contributed by atoms with Gasteiger partial charge in [-0.1, -0.05) is 0 Å². The second-order valence-electron chi connectivity index (χ2n) is 4.20. The van der Waals surface area contributed by atoms with E-state index in [-0.39, 0.29) is 5.56 Å². The Hall–Kier alpha value is -1.60. The van der Waals surface area contributed by atoms with Crippen LogP contribution in [0.2, 0.25) is 0 Å². The summed E-state index contributed by atoms with van der Waals surface area (Å²) in [6.45, 7) is 1.73. The Bertz CT molecular complexity index is 434. The third-order valence-electron chi connectivity index (χ3n) is 3.21. The summed E-state index contributed by atoms with van der Waals surface area (Å²) < 4.78 is 18.8. The maximum atomic E-state index is 13.5. The molecule has 0 radical (unpaired) electrons. The first-order valence-corrected chi connectivity index (χ1v) is 5.72. The lowest BCUT2D eigenvalue weighted by molar-refractivity contribution is 0.0819. The molecule has 0 spiro atoms. The van der Waals surface area contributed by atoms with Crippen molar-refractivity contribution in [1.29, 1.82) is 5.26 Å². The topological polar surface area (TPSA) is 36.3 Å². The highest BCUT2D eigenvalue weighted by molar-refractivity contribution is 5.50. The second kappa shape index (κ2) is 5.15. The molecule has 0 aromatic heterocycles. The van der Waals surface area contributed by atoms with Gasteiger partial charge in [0.05, 0.1) is 11.7 Å². The first kappa shape index (κ1) is 11.9. The summed E-state index contributed by atoms with van der Waals surface area (Å²) in [6.07, 6.45) is 2.23. The number of piperidine rings is 1. The van der Waals surface area contributed by atoms with E-state index in [1.54, 1.807) is 13.2 Å². The van der Waals surface area contributed by atoms with E-state index in [1.165, 1.54) is 12.1 Å². The molecule has 90 valence electrons. The lowest BCUT2D eigenvalue weighted by Gasteiger charge is -2.32. The van der Waals surface area contributed by atoms with E-state index in [4.69, 9.17) is 10.00 Å². The fraction of sp³-hybridized carbons (Fsp3) is 0.462. The zero-order valence-electron chi connectivity index (χ0n) is 9.82. The van der Waals surface area contributed by atoms with Gasteiger partial charge < -0.3 is 9.64 Å². The Labute approximate surface area is 100 Å². The SMILES string of the molecule is COC1CCN(c2ccc(C#N)c(F)c2)CC1. The fourth-order valence-electron chi connectivity index (χ4n) is 2.14. The number of nitrogens with zero attached hydrogens (tertiary/aromatic N) is 2. The van der Waals surface area contributed by atoms with Gasteiger partial charge in [-0.3, -0.25) is 0 Å². The van der Waals surface area contributed by atoms with Crippen LogP contribution in [-0.2, 0) is 4.74 Å². The van der Waals surface area contributed by atoms with Crippen LogP contribution in [0.25, 0.3) is 0 Å². The first-order valence-electron chi connectivity index (χ1n) is 5.72. The Balaban J connectivity index is 2.09. The lowest BCUT2D eigenvalue weighted by atomic mass is 10.1. The molecule has 0 amide bonds. The van der Waals surface area contributed by atoms with Gasteiger partial charge in [-0.15, -0.1) is 0 Å². The largest absolute Gasteiger partial charge is 0.381 e. The molecule has 0 saturated carbocycles. The minimum absolute atomic E-state index is 0.0977. The van der Waals surface area contributed by atoms with E-state index in [1.807, 2.05) is 6.07 Å². The van der Waals surface area contributed by atoms with Gasteiger partial charge in [0.25, 0.3) is 0 Å². The average molecular weight is 234 g/mol. The number of hydrogen-bond acceptors (Lipinski definition) is 3. The van der Waals surface area contributed by atoms with Crippen molar-refractivity contribution in [2.45, 2.75) is 18.9 Å². The van der Waals surface area contributed by atoms with Crippen molar-refractivity contribution < 1.29 is 9.13 Å². The predicted octanol–water partition coefficient (Wildman–Crippen LogP) is 2.31. The quantitative estimate of drug-likeness (QED) is 0.787. The van der Waals surface area contributed by atoms with Crippen LogP contribution in [0, 0.1) is 17.1 Å². The third kappa shape index (κ3) is 2.56. The molecule has 0 N–H and O–H groups in total. The number of methoxy groups -OCH3 is 1. The van der Waals surface area contributed by atoms with E-state index < -0.39 is 5.82 Å². The van der Waals surface area contributed by atoms with Gasteiger partial charge in [0, 0.05) is 25.9 Å². The molecule has 0 unspecified atom stereocenters. The molecule has 0 bridgehead atoms. The molecular formula is C13H15FN2O. The van der Waals surface area contributed by atoms with Gasteiger partial charge in [-0.2, -0.15) is 5.26 Å². The standard InChI is InChI=1S/C13H15FN2O/c1-17-12-4-6-16(7-5-12)11-3-2-10(9-15)13(14)8-11/h2-3,8,12H,4-7H2,1H3. The predicted molar refractivity (Wildman–Crippen MR) is 63.4 cm³/mol. The molecule has 3 nitrogen and oxygen atoms in total. The normalized spacial score (nSPS) is 16.9. The molecule has 1 aliphatic heterocycles. The van der Waals surface area contributed by atoms with Crippen LogP contribution in [0.5, 0.6) is 0 Å². The summed E-state index contributed by atoms with van der Waals surface area (Å²) >= 11 is 0. The van der Waals surface area contributed by atoms with Crippen LogP contribution in [0.1, 0.15) is 18.4 Å². The van der Waals surface area contributed by atoms with E-state index in [2.05, 4.69) is 4.90 Å². The van der Waals surface area contributed by atoms with Crippen LogP contribution >= 0.6 is 0 Å². The zero-order chi connectivity index (χ0) is 12.3. The molecule has 2 rings (SSSR count). The van der Waals surface area contributed by atoms with Crippen molar-refractivity contribution in [3.05, 3.63) is 29.6 Å². The number of halogens is 1. The van der Waals surface area contributed by atoms with Gasteiger partial charge in [0.15, 0.2) is 0 Å². The van der Waals surface area contributed by atoms with Crippen molar-refractivity contribution in [3.63, 3.8) is 0 Å². The number of nitriles is 1. The van der Waals surface area contributed by atoms with Crippen molar-refractivity contribution >= 4 is 5.69 Å². The smallest absolute Gasteiger partial charge is 0.143 e. The minimum atomic E-state index is -0.445. The minimum Gasteiger partial charge on any atom is -0.381 e. The fourth-order valence-corrected chi connectivity index (χ4v) is 2.14. The molecule has 1 aromatic carbocycles. The summed E-state index contributed by atoms with van der Waals surface area (Å²) in [7, 11) is 1.72. The van der Waals surface area contributed by atoms with E-state index >= 15 is 0 Å². The summed E-state index contributed by atoms with van der Waals surface area (Å²) in [5.41, 5.74) is 0.941. The van der Waals surface area contributed by atoms with E-state index in [0.717, 1.165) is 31.6 Å². The van der Waals surface area contributed by atoms with Gasteiger partial charge in [0.1, 0.15) is 11.9 Å². The van der Waals surface area contributed by atoms with Gasteiger partial charge in [-0.25, -0.2) is 4.39 Å². The zero-order valence-corrected chi connectivity index (χ0v) is 9.82. The number of benzene rings is 1. The molecule has 1 heterocycles. The van der Waals surface area contributed by atoms with Crippen LogP contribution < -0.4 is 4.90 Å². The van der Waals surface area contributed by atoms with Gasteiger partial charge in [-0.05, 0) is 31.0 Å². The highest BCUT2D eigenvalue weighted by atomic mass is 19.1. The number of ether oxygens (including phenoxy) is 1. The Kier molecular flexibility index (Phi) is 3.60. The Morgan fingerprint density at radius 2 is 2.12 bits per heavy atom. The molecule has 1 aliphatic rings. The Morgan fingerprint density at radius 3 is 2.65 bits per heavy atom. The molecule has 0 atom stereocenters. The highest BCUT2D eigenvalue weighted by Gasteiger charge is 2.19. The number of hydrogen-bond donors (Lipinski definition) is 0. The molecule has 4 heteroatoms. The van der Waals surface area contributed by atoms with Gasteiger partial charge >= 0.3 is 0 Å². The van der Waals surface area contributed by atoms with Crippen LogP contribution in [-0.4, -0.2) is 26.3 Å². The maximum Gasteiger partial charge on any atom is 0.143 e. The maximum absolute atomic E-state index is 13.5. The molecule has 1 aromatic rings.